The molecule has 1 aliphatic heterocycles. The summed E-state index contributed by atoms with van der Waals surface area (Å²) in [6, 6.07) is 13.9. The topological polar surface area (TPSA) is 40.6 Å². The average molecular weight is 354 g/mol. The van der Waals surface area contributed by atoms with Crippen molar-refractivity contribution in [2.24, 2.45) is 0 Å². The predicted octanol–water partition coefficient (Wildman–Crippen LogP) is 3.05. The first kappa shape index (κ1) is 18.1. The van der Waals surface area contributed by atoms with Crippen LogP contribution in [0, 0.1) is 12.7 Å². The van der Waals surface area contributed by atoms with Crippen LogP contribution >= 0.6 is 0 Å². The van der Waals surface area contributed by atoms with Gasteiger partial charge in [-0.25, -0.2) is 4.39 Å². The summed E-state index contributed by atoms with van der Waals surface area (Å²) < 4.78 is 13.8. The zero-order valence-corrected chi connectivity index (χ0v) is 15.0. The van der Waals surface area contributed by atoms with E-state index in [1.807, 2.05) is 31.2 Å². The fraction of sp³-hybridized carbons (Fsp3) is 0.333. The summed E-state index contributed by atoms with van der Waals surface area (Å²) in [5, 5.41) is 0. The van der Waals surface area contributed by atoms with Crippen LogP contribution in [-0.2, 0) is 11.2 Å². The summed E-state index contributed by atoms with van der Waals surface area (Å²) in [5.74, 6) is -0.446. The maximum Gasteiger partial charge on any atom is 0.254 e. The minimum atomic E-state index is -0.355. The third-order valence-corrected chi connectivity index (χ3v) is 4.81. The van der Waals surface area contributed by atoms with Gasteiger partial charge in [0.15, 0.2) is 0 Å². The fourth-order valence-electron chi connectivity index (χ4n) is 3.27. The van der Waals surface area contributed by atoms with Crippen LogP contribution in [0.4, 0.5) is 4.39 Å². The van der Waals surface area contributed by atoms with Gasteiger partial charge in [0.1, 0.15) is 5.82 Å². The number of halogens is 1. The van der Waals surface area contributed by atoms with Crippen molar-refractivity contribution < 1.29 is 14.0 Å². The number of hydrogen-bond acceptors (Lipinski definition) is 2. The van der Waals surface area contributed by atoms with Crippen LogP contribution in [-0.4, -0.2) is 47.8 Å². The van der Waals surface area contributed by atoms with Gasteiger partial charge in [-0.2, -0.15) is 0 Å². The first-order chi connectivity index (χ1) is 12.6. The number of hydrogen-bond donors (Lipinski definition) is 0. The molecule has 4 nitrogen and oxygen atoms in total. The van der Waals surface area contributed by atoms with Crippen molar-refractivity contribution in [3.05, 3.63) is 71.0 Å². The average Bonchev–Trinajstić information content (AvgIpc) is 2.90. The summed E-state index contributed by atoms with van der Waals surface area (Å²) in [7, 11) is 0. The second kappa shape index (κ2) is 8.13. The highest BCUT2D eigenvalue weighted by atomic mass is 19.1. The molecule has 5 heteroatoms. The van der Waals surface area contributed by atoms with Crippen molar-refractivity contribution in [3.8, 4) is 0 Å². The van der Waals surface area contributed by atoms with E-state index in [1.54, 1.807) is 28.0 Å². The molecule has 2 aromatic rings. The third kappa shape index (κ3) is 4.10. The summed E-state index contributed by atoms with van der Waals surface area (Å²) >= 11 is 0. The highest BCUT2D eigenvalue weighted by molar-refractivity contribution is 5.95. The maximum absolute atomic E-state index is 13.8. The van der Waals surface area contributed by atoms with E-state index in [0.717, 1.165) is 12.0 Å². The lowest BCUT2D eigenvalue weighted by atomic mass is 10.1. The molecule has 0 radical (unpaired) electrons. The van der Waals surface area contributed by atoms with Gasteiger partial charge in [0.25, 0.3) is 5.91 Å². The van der Waals surface area contributed by atoms with Gasteiger partial charge in [-0.15, -0.1) is 0 Å². The number of benzene rings is 2. The minimum absolute atomic E-state index is 0.00602. The lowest BCUT2D eigenvalue weighted by molar-refractivity contribution is -0.130. The van der Waals surface area contributed by atoms with Crippen LogP contribution in [0.3, 0.4) is 0 Å². The number of nitrogens with zero attached hydrogens (tertiary/aromatic N) is 2. The van der Waals surface area contributed by atoms with E-state index in [0.29, 0.717) is 37.3 Å². The number of rotatable bonds is 3. The van der Waals surface area contributed by atoms with E-state index in [9.17, 15) is 14.0 Å². The van der Waals surface area contributed by atoms with E-state index in [4.69, 9.17) is 0 Å². The monoisotopic (exact) mass is 354 g/mol. The molecule has 136 valence electrons. The largest absolute Gasteiger partial charge is 0.341 e. The molecule has 0 saturated carbocycles. The molecule has 0 spiro atoms. The van der Waals surface area contributed by atoms with Crippen molar-refractivity contribution in [2.45, 2.75) is 19.8 Å². The molecule has 2 amide bonds. The molecular formula is C21H23FN2O2. The summed E-state index contributed by atoms with van der Waals surface area (Å²) in [6.45, 7) is 4.11. The van der Waals surface area contributed by atoms with Gasteiger partial charge in [0.05, 0.1) is 6.42 Å². The first-order valence-electron chi connectivity index (χ1n) is 8.92. The molecule has 0 aliphatic carbocycles. The minimum Gasteiger partial charge on any atom is -0.341 e. The number of carbonyl (C=O) groups excluding carboxylic acids is 2. The van der Waals surface area contributed by atoms with Crippen LogP contribution in [0.2, 0.25) is 0 Å². The fourth-order valence-corrected chi connectivity index (χ4v) is 3.27. The van der Waals surface area contributed by atoms with Crippen molar-refractivity contribution in [1.29, 1.82) is 0 Å². The van der Waals surface area contributed by atoms with E-state index in [1.165, 1.54) is 6.07 Å². The Labute approximate surface area is 153 Å². The van der Waals surface area contributed by atoms with Crippen LogP contribution in [0.5, 0.6) is 0 Å². The Kier molecular flexibility index (Phi) is 5.66. The summed E-state index contributed by atoms with van der Waals surface area (Å²) in [6.07, 6.45) is 0.777. The Balaban J connectivity index is 1.63. The van der Waals surface area contributed by atoms with Crippen molar-refractivity contribution in [1.82, 2.24) is 9.80 Å². The molecular weight excluding hydrogens is 331 g/mol. The van der Waals surface area contributed by atoms with Crippen LogP contribution < -0.4 is 0 Å². The lowest BCUT2D eigenvalue weighted by Crippen LogP contribution is -2.38. The molecule has 1 aliphatic rings. The Bertz CT molecular complexity index is 806. The number of amides is 2. The summed E-state index contributed by atoms with van der Waals surface area (Å²) in [4.78, 5) is 28.8. The quantitative estimate of drug-likeness (QED) is 0.850. The standard InChI is InChI=1S/C21H23FN2O2/c1-16-7-2-4-9-18(16)21(26)24-12-6-11-23(13-14-24)20(25)15-17-8-3-5-10-19(17)22/h2-5,7-10H,6,11-15H2,1H3. The third-order valence-electron chi connectivity index (χ3n) is 4.81. The molecule has 3 rings (SSSR count). The Morgan fingerprint density at radius 3 is 2.35 bits per heavy atom. The normalized spacial score (nSPS) is 14.8. The zero-order chi connectivity index (χ0) is 18.5. The smallest absolute Gasteiger partial charge is 0.254 e. The van der Waals surface area contributed by atoms with Crippen molar-refractivity contribution in [3.63, 3.8) is 0 Å². The SMILES string of the molecule is Cc1ccccc1C(=O)N1CCCN(C(=O)Cc2ccccc2F)CC1. The second-order valence-electron chi connectivity index (χ2n) is 6.61. The van der Waals surface area contributed by atoms with Gasteiger partial charge >= 0.3 is 0 Å². The number of carbonyl (C=O) groups is 2. The van der Waals surface area contributed by atoms with Crippen LogP contribution in [0.1, 0.15) is 27.9 Å². The second-order valence-corrected chi connectivity index (χ2v) is 6.61. The molecule has 26 heavy (non-hydrogen) atoms. The van der Waals surface area contributed by atoms with Crippen molar-refractivity contribution >= 4 is 11.8 Å². The predicted molar refractivity (Wildman–Crippen MR) is 98.4 cm³/mol. The summed E-state index contributed by atoms with van der Waals surface area (Å²) in [5.41, 5.74) is 2.07. The van der Waals surface area contributed by atoms with Crippen LogP contribution in [0.25, 0.3) is 0 Å². The van der Waals surface area contributed by atoms with E-state index in [-0.39, 0.29) is 24.1 Å². The Morgan fingerprint density at radius 2 is 1.58 bits per heavy atom. The molecule has 0 aromatic heterocycles. The van der Waals surface area contributed by atoms with Gasteiger partial charge in [0.2, 0.25) is 5.91 Å². The Morgan fingerprint density at radius 1 is 0.923 bits per heavy atom. The molecule has 2 aromatic carbocycles. The van der Waals surface area contributed by atoms with Gasteiger partial charge in [0, 0.05) is 31.7 Å². The highest BCUT2D eigenvalue weighted by Crippen LogP contribution is 2.14. The highest BCUT2D eigenvalue weighted by Gasteiger charge is 2.24. The lowest BCUT2D eigenvalue weighted by Gasteiger charge is -2.23. The van der Waals surface area contributed by atoms with Gasteiger partial charge in [-0.05, 0) is 36.6 Å². The molecule has 0 N–H and O–H groups in total. The van der Waals surface area contributed by atoms with E-state index >= 15 is 0 Å². The zero-order valence-electron chi connectivity index (χ0n) is 15.0. The maximum atomic E-state index is 13.8. The molecule has 1 heterocycles. The van der Waals surface area contributed by atoms with E-state index in [2.05, 4.69) is 0 Å². The molecule has 0 atom stereocenters. The van der Waals surface area contributed by atoms with Gasteiger partial charge in [-0.1, -0.05) is 36.4 Å². The molecule has 0 bridgehead atoms. The van der Waals surface area contributed by atoms with Crippen LogP contribution in [0.15, 0.2) is 48.5 Å². The Hall–Kier alpha value is -2.69. The van der Waals surface area contributed by atoms with E-state index < -0.39 is 0 Å². The molecule has 1 saturated heterocycles. The first-order valence-corrected chi connectivity index (χ1v) is 8.92. The number of aryl methyl sites for hydroxylation is 1. The van der Waals surface area contributed by atoms with Gasteiger partial charge in [-0.3, -0.25) is 9.59 Å². The molecule has 0 unspecified atom stereocenters. The van der Waals surface area contributed by atoms with Crippen molar-refractivity contribution in [2.75, 3.05) is 26.2 Å². The van der Waals surface area contributed by atoms with Gasteiger partial charge < -0.3 is 9.80 Å². The molecule has 1 fully saturated rings.